The Morgan fingerprint density at radius 2 is 1.77 bits per heavy atom. The molecule has 0 aliphatic carbocycles. The highest BCUT2D eigenvalue weighted by Gasteiger charge is 2.39. The molecule has 1 aromatic heterocycles. The summed E-state index contributed by atoms with van der Waals surface area (Å²) in [7, 11) is 0. The fourth-order valence-corrected chi connectivity index (χ4v) is 3.80. The monoisotopic (exact) mass is 399 g/mol. The van der Waals surface area contributed by atoms with Gasteiger partial charge in [-0.15, -0.1) is 0 Å². The highest BCUT2D eigenvalue weighted by Crippen LogP contribution is 2.38. The Kier molecular flexibility index (Phi) is 5.61. The van der Waals surface area contributed by atoms with Crippen molar-refractivity contribution in [2.75, 3.05) is 4.90 Å². The number of nitrogens with zero attached hydrogens (tertiary/aromatic N) is 2. The molecule has 5 heteroatoms. The largest absolute Gasteiger partial charge is 0.352 e. The first-order valence-corrected chi connectivity index (χ1v) is 10.2. The number of amides is 2. The van der Waals surface area contributed by atoms with Crippen LogP contribution in [0.1, 0.15) is 59.4 Å². The minimum Gasteiger partial charge on any atom is -0.352 e. The molecule has 3 aromatic rings. The van der Waals surface area contributed by atoms with Crippen LogP contribution in [-0.2, 0) is 11.3 Å². The molecule has 0 fully saturated rings. The molecule has 0 radical (unpaired) electrons. The summed E-state index contributed by atoms with van der Waals surface area (Å²) in [5.41, 5.74) is 4.30. The third kappa shape index (κ3) is 3.96. The lowest BCUT2D eigenvalue weighted by molar-refractivity contribution is -0.121. The normalized spacial score (nSPS) is 15.4. The van der Waals surface area contributed by atoms with Crippen molar-refractivity contribution in [3.05, 3.63) is 95.3 Å². The second-order valence-corrected chi connectivity index (χ2v) is 7.84. The van der Waals surface area contributed by atoms with Gasteiger partial charge in [0, 0.05) is 18.4 Å². The van der Waals surface area contributed by atoms with Crippen LogP contribution in [0.4, 0.5) is 5.69 Å². The molecule has 2 aromatic carbocycles. The lowest BCUT2D eigenvalue weighted by atomic mass is 10.0. The van der Waals surface area contributed by atoms with Gasteiger partial charge in [0.25, 0.3) is 5.91 Å². The highest BCUT2D eigenvalue weighted by molar-refractivity contribution is 6.11. The predicted octanol–water partition coefficient (Wildman–Crippen LogP) is 4.61. The summed E-state index contributed by atoms with van der Waals surface area (Å²) in [6, 6.07) is 20.8. The van der Waals surface area contributed by atoms with E-state index in [0.717, 1.165) is 11.3 Å². The fourth-order valence-electron chi connectivity index (χ4n) is 3.80. The second kappa shape index (κ2) is 8.49. The summed E-state index contributed by atoms with van der Waals surface area (Å²) in [4.78, 5) is 31.9. The average Bonchev–Trinajstić information content (AvgIpc) is 3.05. The molecular formula is C25H25N3O2. The Balaban J connectivity index is 1.49. The fraction of sp³-hybridized carbons (Fsp3) is 0.240. The van der Waals surface area contributed by atoms with Crippen molar-refractivity contribution in [3.8, 4) is 0 Å². The van der Waals surface area contributed by atoms with E-state index in [1.807, 2.05) is 42.5 Å². The molecule has 0 spiro atoms. The van der Waals surface area contributed by atoms with Crippen molar-refractivity contribution < 1.29 is 9.59 Å². The van der Waals surface area contributed by atoms with Gasteiger partial charge in [-0.3, -0.25) is 19.5 Å². The number of fused-ring (bicyclic) bond motifs is 1. The number of anilines is 1. The number of nitrogens with one attached hydrogen (secondary N) is 1. The van der Waals surface area contributed by atoms with Gasteiger partial charge in [-0.25, -0.2) is 0 Å². The summed E-state index contributed by atoms with van der Waals surface area (Å²) in [5, 5.41) is 2.99. The van der Waals surface area contributed by atoms with E-state index in [2.05, 4.69) is 36.3 Å². The van der Waals surface area contributed by atoms with Gasteiger partial charge in [0.15, 0.2) is 0 Å². The van der Waals surface area contributed by atoms with Gasteiger partial charge in [0.05, 0.1) is 23.7 Å². The number of rotatable bonds is 6. The van der Waals surface area contributed by atoms with Crippen LogP contribution in [0.2, 0.25) is 0 Å². The Morgan fingerprint density at radius 3 is 2.47 bits per heavy atom. The molecule has 1 unspecified atom stereocenters. The van der Waals surface area contributed by atoms with Gasteiger partial charge in [-0.1, -0.05) is 56.3 Å². The number of carbonyl (C=O) groups excluding carboxylic acids is 2. The lowest BCUT2D eigenvalue weighted by Crippen LogP contribution is -2.32. The first kappa shape index (κ1) is 19.8. The van der Waals surface area contributed by atoms with Gasteiger partial charge >= 0.3 is 0 Å². The number of pyridine rings is 1. The average molecular weight is 399 g/mol. The molecule has 0 saturated heterocycles. The number of benzene rings is 2. The molecule has 4 rings (SSSR count). The molecule has 0 saturated carbocycles. The molecule has 0 bridgehead atoms. The van der Waals surface area contributed by atoms with E-state index in [-0.39, 0.29) is 18.2 Å². The van der Waals surface area contributed by atoms with Gasteiger partial charge < -0.3 is 5.32 Å². The molecule has 152 valence electrons. The quantitative estimate of drug-likeness (QED) is 0.658. The smallest absolute Gasteiger partial charge is 0.260 e. The summed E-state index contributed by atoms with van der Waals surface area (Å²) in [6.45, 7) is 4.77. The summed E-state index contributed by atoms with van der Waals surface area (Å²) in [5.74, 6) is 0.247. The summed E-state index contributed by atoms with van der Waals surface area (Å²) >= 11 is 0. The molecule has 1 N–H and O–H groups in total. The number of carbonyl (C=O) groups is 2. The standard InChI is InChI=1S/C25H25N3O2/c1-17(2)19-12-10-18(11-13-19)16-27-23(29)15-22-24-21(9-6-14-26-24)25(30)28(22)20-7-4-3-5-8-20/h3-14,17,22H,15-16H2,1-2H3,(H,27,29). The Hall–Kier alpha value is -3.47. The predicted molar refractivity (Wildman–Crippen MR) is 117 cm³/mol. The van der Waals surface area contributed by atoms with Gasteiger partial charge in [0.2, 0.25) is 5.91 Å². The maximum atomic E-state index is 13.0. The Bertz CT molecular complexity index is 1050. The van der Waals surface area contributed by atoms with E-state index in [9.17, 15) is 9.59 Å². The maximum absolute atomic E-state index is 13.0. The third-order valence-corrected chi connectivity index (χ3v) is 5.46. The van der Waals surface area contributed by atoms with Crippen LogP contribution < -0.4 is 10.2 Å². The summed E-state index contributed by atoms with van der Waals surface area (Å²) < 4.78 is 0. The van der Waals surface area contributed by atoms with Gasteiger partial charge in [0.1, 0.15) is 0 Å². The van der Waals surface area contributed by atoms with Crippen molar-refractivity contribution >= 4 is 17.5 Å². The minimum atomic E-state index is -0.417. The molecule has 2 heterocycles. The Labute approximate surface area is 176 Å². The van der Waals surface area contributed by atoms with Crippen LogP contribution >= 0.6 is 0 Å². The van der Waals surface area contributed by atoms with Crippen molar-refractivity contribution in [2.45, 2.75) is 38.8 Å². The van der Waals surface area contributed by atoms with Crippen LogP contribution in [0.5, 0.6) is 0 Å². The van der Waals surface area contributed by atoms with E-state index in [1.54, 1.807) is 23.2 Å². The number of aromatic nitrogens is 1. The molecule has 1 aliphatic heterocycles. The number of para-hydroxylation sites is 1. The Morgan fingerprint density at radius 1 is 1.03 bits per heavy atom. The van der Waals surface area contributed by atoms with Crippen LogP contribution in [0.15, 0.2) is 72.9 Å². The van der Waals surface area contributed by atoms with Crippen molar-refractivity contribution in [3.63, 3.8) is 0 Å². The van der Waals surface area contributed by atoms with Crippen molar-refractivity contribution in [2.24, 2.45) is 0 Å². The minimum absolute atomic E-state index is 0.111. The van der Waals surface area contributed by atoms with Crippen molar-refractivity contribution in [1.29, 1.82) is 0 Å². The maximum Gasteiger partial charge on any atom is 0.260 e. The van der Waals surface area contributed by atoms with Crippen molar-refractivity contribution in [1.82, 2.24) is 10.3 Å². The van der Waals surface area contributed by atoms with E-state index in [1.165, 1.54) is 5.56 Å². The first-order chi connectivity index (χ1) is 14.5. The van der Waals surface area contributed by atoms with E-state index < -0.39 is 6.04 Å². The zero-order chi connectivity index (χ0) is 21.1. The van der Waals surface area contributed by atoms with Crippen LogP contribution in [0.3, 0.4) is 0 Å². The molecule has 2 amide bonds. The van der Waals surface area contributed by atoms with E-state index in [4.69, 9.17) is 0 Å². The van der Waals surface area contributed by atoms with Gasteiger partial charge in [-0.2, -0.15) is 0 Å². The van der Waals surface area contributed by atoms with E-state index in [0.29, 0.717) is 23.7 Å². The number of hydrogen-bond acceptors (Lipinski definition) is 3. The van der Waals surface area contributed by atoms with Gasteiger partial charge in [-0.05, 0) is 41.3 Å². The zero-order valence-electron chi connectivity index (χ0n) is 17.2. The molecule has 5 nitrogen and oxygen atoms in total. The number of hydrogen-bond donors (Lipinski definition) is 1. The summed E-state index contributed by atoms with van der Waals surface area (Å²) in [6.07, 6.45) is 1.83. The first-order valence-electron chi connectivity index (χ1n) is 10.2. The molecule has 30 heavy (non-hydrogen) atoms. The molecular weight excluding hydrogens is 374 g/mol. The highest BCUT2D eigenvalue weighted by atomic mass is 16.2. The second-order valence-electron chi connectivity index (χ2n) is 7.84. The molecule has 1 aliphatic rings. The SMILES string of the molecule is CC(C)c1ccc(CNC(=O)CC2c3ncccc3C(=O)N2c2ccccc2)cc1. The van der Waals surface area contributed by atoms with Crippen LogP contribution in [-0.4, -0.2) is 16.8 Å². The van der Waals surface area contributed by atoms with Crippen LogP contribution in [0.25, 0.3) is 0 Å². The molecule has 1 atom stereocenters. The topological polar surface area (TPSA) is 62.3 Å². The lowest BCUT2D eigenvalue weighted by Gasteiger charge is -2.24. The third-order valence-electron chi connectivity index (χ3n) is 5.46. The van der Waals surface area contributed by atoms with Crippen LogP contribution in [0, 0.1) is 0 Å². The zero-order valence-corrected chi connectivity index (χ0v) is 17.2. The van der Waals surface area contributed by atoms with E-state index >= 15 is 0 Å².